The lowest BCUT2D eigenvalue weighted by Crippen LogP contribution is -2.15. The van der Waals surface area contributed by atoms with Crippen molar-refractivity contribution in [1.82, 2.24) is 0 Å². The zero-order chi connectivity index (χ0) is 13.0. The van der Waals surface area contributed by atoms with E-state index in [9.17, 15) is 0 Å². The Labute approximate surface area is 117 Å². The Morgan fingerprint density at radius 1 is 1.41 bits per heavy atom. The molecular weight excluding hydrogens is 298 g/mol. The van der Waals surface area contributed by atoms with Crippen LogP contribution in [0.2, 0.25) is 0 Å². The van der Waals surface area contributed by atoms with Crippen LogP contribution in [0.4, 0.5) is 0 Å². The van der Waals surface area contributed by atoms with Gasteiger partial charge in [0.2, 0.25) is 0 Å². The maximum Gasteiger partial charge on any atom is 0.120 e. The van der Waals surface area contributed by atoms with Crippen LogP contribution in [0.5, 0.6) is 5.75 Å². The van der Waals surface area contributed by atoms with Crippen molar-refractivity contribution in [2.24, 2.45) is 11.7 Å². The Balaban J connectivity index is 2.74. The van der Waals surface area contributed by atoms with E-state index in [4.69, 9.17) is 22.7 Å². The highest BCUT2D eigenvalue weighted by atomic mass is 79.9. The summed E-state index contributed by atoms with van der Waals surface area (Å²) in [7, 11) is 0. The van der Waals surface area contributed by atoms with Crippen molar-refractivity contribution in [3.8, 4) is 5.75 Å². The molecule has 0 saturated heterocycles. The van der Waals surface area contributed by atoms with Gasteiger partial charge in [-0.3, -0.25) is 0 Å². The van der Waals surface area contributed by atoms with Gasteiger partial charge in [0, 0.05) is 10.0 Å². The minimum absolute atomic E-state index is 0.206. The van der Waals surface area contributed by atoms with Crippen LogP contribution < -0.4 is 10.5 Å². The maximum atomic E-state index is 5.83. The molecule has 1 rings (SSSR count). The third-order valence-corrected chi connectivity index (χ3v) is 3.22. The van der Waals surface area contributed by atoms with Crippen molar-refractivity contribution in [2.75, 3.05) is 0 Å². The quantitative estimate of drug-likeness (QED) is 0.837. The third-order valence-electron chi connectivity index (χ3n) is 2.35. The molecule has 0 amide bonds. The van der Waals surface area contributed by atoms with E-state index in [1.807, 2.05) is 18.2 Å². The fourth-order valence-electron chi connectivity index (χ4n) is 1.71. The summed E-state index contributed by atoms with van der Waals surface area (Å²) in [5.41, 5.74) is 6.43. The average Bonchev–Trinajstić information content (AvgIpc) is 2.15. The molecule has 2 N–H and O–H groups in total. The molecular formula is C13H18BrNOS. The second-order valence-electron chi connectivity index (χ2n) is 4.56. The summed E-state index contributed by atoms with van der Waals surface area (Å²) in [5, 5.41) is 0. The number of ether oxygens (including phenoxy) is 1. The standard InChI is InChI=1S/C13H18BrNOS/c1-8(2)6-9(3)16-10-4-5-11(13(15)17)12(14)7-10/h4-5,7-9H,6H2,1-3H3,(H2,15,17). The second kappa shape index (κ2) is 6.36. The normalized spacial score (nSPS) is 12.5. The Kier molecular flexibility index (Phi) is 5.40. The first-order chi connectivity index (χ1) is 7.90. The molecule has 0 aliphatic carbocycles. The minimum Gasteiger partial charge on any atom is -0.491 e. The van der Waals surface area contributed by atoms with Gasteiger partial charge >= 0.3 is 0 Å². The highest BCUT2D eigenvalue weighted by Gasteiger charge is 2.09. The molecule has 0 spiro atoms. The van der Waals surface area contributed by atoms with Crippen molar-refractivity contribution < 1.29 is 4.74 Å². The molecule has 0 saturated carbocycles. The lowest BCUT2D eigenvalue weighted by Gasteiger charge is -2.17. The predicted octanol–water partition coefficient (Wildman–Crippen LogP) is 3.90. The molecule has 94 valence electrons. The third kappa shape index (κ3) is 4.64. The van der Waals surface area contributed by atoms with Crippen LogP contribution in [0.1, 0.15) is 32.8 Å². The van der Waals surface area contributed by atoms with Gasteiger partial charge in [0.05, 0.1) is 6.10 Å². The number of hydrogen-bond acceptors (Lipinski definition) is 2. The number of benzene rings is 1. The van der Waals surface area contributed by atoms with Gasteiger partial charge in [-0.2, -0.15) is 0 Å². The van der Waals surface area contributed by atoms with Gasteiger partial charge in [-0.05, 0) is 53.4 Å². The number of thiocarbonyl (C=S) groups is 1. The first kappa shape index (κ1) is 14.5. The summed E-state index contributed by atoms with van der Waals surface area (Å²) in [5.74, 6) is 1.47. The molecule has 17 heavy (non-hydrogen) atoms. The first-order valence-electron chi connectivity index (χ1n) is 5.66. The molecule has 1 atom stereocenters. The van der Waals surface area contributed by atoms with Gasteiger partial charge in [0.25, 0.3) is 0 Å². The molecule has 0 bridgehead atoms. The summed E-state index contributed by atoms with van der Waals surface area (Å²) in [4.78, 5) is 0.388. The summed E-state index contributed by atoms with van der Waals surface area (Å²) in [6, 6.07) is 5.69. The van der Waals surface area contributed by atoms with Gasteiger partial charge in [0.1, 0.15) is 10.7 Å². The smallest absolute Gasteiger partial charge is 0.120 e. The topological polar surface area (TPSA) is 35.2 Å². The molecule has 1 unspecified atom stereocenters. The molecule has 0 heterocycles. The molecule has 2 nitrogen and oxygen atoms in total. The van der Waals surface area contributed by atoms with Crippen molar-refractivity contribution in [3.05, 3.63) is 28.2 Å². The van der Waals surface area contributed by atoms with Crippen LogP contribution in [-0.2, 0) is 0 Å². The van der Waals surface area contributed by atoms with Gasteiger partial charge in [0.15, 0.2) is 0 Å². The first-order valence-corrected chi connectivity index (χ1v) is 6.86. The van der Waals surface area contributed by atoms with Crippen molar-refractivity contribution in [2.45, 2.75) is 33.3 Å². The summed E-state index contributed by atoms with van der Waals surface area (Å²) >= 11 is 8.39. The van der Waals surface area contributed by atoms with E-state index in [-0.39, 0.29) is 6.10 Å². The molecule has 0 fully saturated rings. The second-order valence-corrected chi connectivity index (χ2v) is 5.86. The monoisotopic (exact) mass is 315 g/mol. The number of hydrogen-bond donors (Lipinski definition) is 1. The Hall–Kier alpha value is -0.610. The molecule has 1 aromatic rings. The minimum atomic E-state index is 0.206. The lowest BCUT2D eigenvalue weighted by atomic mass is 10.1. The van der Waals surface area contributed by atoms with E-state index in [2.05, 4.69) is 36.7 Å². The van der Waals surface area contributed by atoms with Crippen molar-refractivity contribution >= 4 is 33.1 Å². The van der Waals surface area contributed by atoms with Crippen LogP contribution in [0.25, 0.3) is 0 Å². The zero-order valence-electron chi connectivity index (χ0n) is 10.4. The van der Waals surface area contributed by atoms with Gasteiger partial charge in [-0.15, -0.1) is 0 Å². The highest BCUT2D eigenvalue weighted by molar-refractivity contribution is 9.10. The average molecular weight is 316 g/mol. The Bertz CT molecular complexity index is 406. The van der Waals surface area contributed by atoms with E-state index in [0.29, 0.717) is 10.9 Å². The van der Waals surface area contributed by atoms with Gasteiger partial charge < -0.3 is 10.5 Å². The van der Waals surface area contributed by atoms with E-state index in [1.54, 1.807) is 0 Å². The van der Waals surface area contributed by atoms with Gasteiger partial charge in [-0.25, -0.2) is 0 Å². The SMILES string of the molecule is CC(C)CC(C)Oc1ccc(C(N)=S)c(Br)c1. The number of halogens is 1. The Morgan fingerprint density at radius 2 is 2.06 bits per heavy atom. The van der Waals surface area contributed by atoms with Crippen LogP contribution in [0, 0.1) is 5.92 Å². The number of nitrogens with two attached hydrogens (primary N) is 1. The molecule has 0 aliphatic rings. The predicted molar refractivity (Wildman–Crippen MR) is 79.6 cm³/mol. The summed E-state index contributed by atoms with van der Waals surface area (Å²) in [6.07, 6.45) is 1.24. The Morgan fingerprint density at radius 3 is 2.53 bits per heavy atom. The number of rotatable bonds is 5. The molecule has 1 aromatic carbocycles. The van der Waals surface area contributed by atoms with Crippen molar-refractivity contribution in [1.29, 1.82) is 0 Å². The molecule has 0 aromatic heterocycles. The maximum absolute atomic E-state index is 5.83. The molecule has 0 aliphatic heterocycles. The molecule has 4 heteroatoms. The summed E-state index contributed by atoms with van der Waals surface area (Å²) in [6.45, 7) is 6.45. The largest absolute Gasteiger partial charge is 0.491 e. The van der Waals surface area contributed by atoms with Crippen molar-refractivity contribution in [3.63, 3.8) is 0 Å². The fraction of sp³-hybridized carbons (Fsp3) is 0.462. The van der Waals surface area contributed by atoms with E-state index in [1.165, 1.54) is 0 Å². The van der Waals surface area contributed by atoms with E-state index < -0.39 is 0 Å². The van der Waals surface area contributed by atoms with E-state index >= 15 is 0 Å². The van der Waals surface area contributed by atoms with Crippen LogP contribution in [-0.4, -0.2) is 11.1 Å². The van der Waals surface area contributed by atoms with Gasteiger partial charge in [-0.1, -0.05) is 26.1 Å². The highest BCUT2D eigenvalue weighted by Crippen LogP contribution is 2.24. The molecule has 0 radical (unpaired) electrons. The zero-order valence-corrected chi connectivity index (χ0v) is 12.8. The van der Waals surface area contributed by atoms with Crippen LogP contribution in [0.15, 0.2) is 22.7 Å². The fourth-order valence-corrected chi connectivity index (χ4v) is 2.59. The summed E-state index contributed by atoms with van der Waals surface area (Å²) < 4.78 is 6.70. The lowest BCUT2D eigenvalue weighted by molar-refractivity contribution is 0.193. The van der Waals surface area contributed by atoms with Crippen LogP contribution >= 0.6 is 28.1 Å². The van der Waals surface area contributed by atoms with Crippen LogP contribution in [0.3, 0.4) is 0 Å². The van der Waals surface area contributed by atoms with E-state index in [0.717, 1.165) is 22.2 Å².